The number of benzene rings is 2. The molecule has 0 fully saturated rings. The molecule has 7 nitrogen and oxygen atoms in total. The van der Waals surface area contributed by atoms with Crippen LogP contribution < -0.4 is 10.0 Å². The summed E-state index contributed by atoms with van der Waals surface area (Å²) in [5.41, 5.74) is 2.86. The third-order valence-corrected chi connectivity index (χ3v) is 5.14. The zero-order chi connectivity index (χ0) is 18.1. The molecule has 130 valence electrons. The van der Waals surface area contributed by atoms with Crippen LogP contribution in [0.4, 0.5) is 11.4 Å². The first kappa shape index (κ1) is 16.2. The Morgan fingerprint density at radius 2 is 1.77 bits per heavy atom. The van der Waals surface area contributed by atoms with Crippen LogP contribution >= 0.6 is 0 Å². The number of carbonyl (C=O) groups excluding carboxylic acids is 1. The van der Waals surface area contributed by atoms with E-state index >= 15 is 0 Å². The zero-order valence-corrected chi connectivity index (χ0v) is 14.3. The van der Waals surface area contributed by atoms with Crippen molar-refractivity contribution >= 4 is 27.3 Å². The fourth-order valence-corrected chi connectivity index (χ4v) is 3.94. The second-order valence-electron chi connectivity index (χ2n) is 5.85. The van der Waals surface area contributed by atoms with Gasteiger partial charge in [-0.1, -0.05) is 30.3 Å². The van der Waals surface area contributed by atoms with Crippen LogP contribution in [0.1, 0.15) is 15.9 Å². The Kier molecular flexibility index (Phi) is 3.89. The summed E-state index contributed by atoms with van der Waals surface area (Å²) in [4.78, 5) is 20.8. The summed E-state index contributed by atoms with van der Waals surface area (Å²) in [5, 5.41) is 2.73. The summed E-state index contributed by atoms with van der Waals surface area (Å²) in [6.07, 6.45) is 2.92. The number of rotatable bonds is 3. The molecule has 0 saturated carbocycles. The number of amides is 1. The largest absolute Gasteiger partial charge is 0.322 e. The summed E-state index contributed by atoms with van der Waals surface area (Å²) in [6.45, 7) is 0. The molecule has 2 aromatic carbocycles. The molecule has 0 aliphatic carbocycles. The van der Waals surface area contributed by atoms with Gasteiger partial charge in [0.1, 0.15) is 0 Å². The number of anilines is 2. The lowest BCUT2D eigenvalue weighted by atomic mass is 10.1. The first-order valence-corrected chi connectivity index (χ1v) is 9.48. The van der Waals surface area contributed by atoms with Crippen LogP contribution in [0.2, 0.25) is 0 Å². The third kappa shape index (κ3) is 3.27. The Labute approximate surface area is 150 Å². The molecule has 26 heavy (non-hydrogen) atoms. The number of carbonyl (C=O) groups is 1. The van der Waals surface area contributed by atoms with Gasteiger partial charge >= 0.3 is 0 Å². The molecule has 0 atom stereocenters. The summed E-state index contributed by atoms with van der Waals surface area (Å²) in [7, 11) is -3.32. The number of aromatic nitrogens is 2. The molecule has 1 aliphatic heterocycles. The molecule has 4 rings (SSSR count). The van der Waals surface area contributed by atoms with Crippen LogP contribution in [0.25, 0.3) is 11.4 Å². The smallest absolute Gasteiger partial charge is 0.258 e. The molecule has 0 spiro atoms. The zero-order valence-electron chi connectivity index (χ0n) is 13.5. The number of hydrogen-bond acceptors (Lipinski definition) is 5. The Hall–Kier alpha value is -3.26. The van der Waals surface area contributed by atoms with Gasteiger partial charge in [-0.2, -0.15) is 0 Å². The lowest BCUT2D eigenvalue weighted by Crippen LogP contribution is -2.13. The summed E-state index contributed by atoms with van der Waals surface area (Å²) < 4.78 is 25.6. The maximum atomic E-state index is 12.4. The predicted octanol–water partition coefficient (Wildman–Crippen LogP) is 2.65. The van der Waals surface area contributed by atoms with E-state index in [4.69, 9.17) is 0 Å². The molecular weight excluding hydrogens is 352 g/mol. The van der Waals surface area contributed by atoms with Crippen molar-refractivity contribution in [3.05, 3.63) is 72.1 Å². The van der Waals surface area contributed by atoms with Gasteiger partial charge in [0.25, 0.3) is 5.91 Å². The highest BCUT2D eigenvalue weighted by atomic mass is 32.2. The van der Waals surface area contributed by atoms with Crippen molar-refractivity contribution in [3.8, 4) is 11.4 Å². The Morgan fingerprint density at radius 3 is 2.50 bits per heavy atom. The predicted molar refractivity (Wildman–Crippen MR) is 98.1 cm³/mol. The number of fused-ring (bicyclic) bond motifs is 1. The standard InChI is InChI=1S/C18H14N4O3S/c23-18(14-9-19-17(20-10-14)12-4-2-1-3-5-12)21-15-6-7-16-13(8-15)11-26(24,25)22-16/h1-10,22H,11H2,(H,21,23). The fourth-order valence-electron chi connectivity index (χ4n) is 2.68. The quantitative estimate of drug-likeness (QED) is 0.742. The minimum atomic E-state index is -3.32. The first-order valence-electron chi connectivity index (χ1n) is 7.82. The van der Waals surface area contributed by atoms with E-state index in [1.807, 2.05) is 30.3 Å². The van der Waals surface area contributed by atoms with E-state index in [9.17, 15) is 13.2 Å². The summed E-state index contributed by atoms with van der Waals surface area (Å²) in [5.74, 6) is 0.0790. The molecule has 0 unspecified atom stereocenters. The van der Waals surface area contributed by atoms with Gasteiger partial charge in [-0.15, -0.1) is 0 Å². The average Bonchev–Trinajstić information content (AvgIpc) is 2.95. The van der Waals surface area contributed by atoms with Crippen LogP contribution in [0.3, 0.4) is 0 Å². The van der Waals surface area contributed by atoms with Crippen LogP contribution in [0.15, 0.2) is 60.9 Å². The molecule has 2 heterocycles. The summed E-state index contributed by atoms with van der Waals surface area (Å²) >= 11 is 0. The minimum Gasteiger partial charge on any atom is -0.322 e. The van der Waals surface area contributed by atoms with Gasteiger partial charge in [0, 0.05) is 23.6 Å². The normalized spacial score (nSPS) is 14.3. The first-order chi connectivity index (χ1) is 12.5. The maximum absolute atomic E-state index is 12.4. The van der Waals surface area contributed by atoms with Gasteiger partial charge in [0.2, 0.25) is 10.0 Å². The van der Waals surface area contributed by atoms with E-state index in [1.165, 1.54) is 12.4 Å². The summed E-state index contributed by atoms with van der Waals surface area (Å²) in [6, 6.07) is 14.4. The number of hydrogen-bond donors (Lipinski definition) is 2. The minimum absolute atomic E-state index is 0.0963. The van der Waals surface area contributed by atoms with Gasteiger partial charge in [-0.25, -0.2) is 18.4 Å². The average molecular weight is 366 g/mol. The Morgan fingerprint density at radius 1 is 1.04 bits per heavy atom. The highest BCUT2D eigenvalue weighted by molar-refractivity contribution is 7.92. The van der Waals surface area contributed by atoms with E-state index in [1.54, 1.807) is 18.2 Å². The lowest BCUT2D eigenvalue weighted by Gasteiger charge is -2.07. The number of nitrogens with zero attached hydrogens (tertiary/aromatic N) is 2. The van der Waals surface area contributed by atoms with Gasteiger partial charge in [0.15, 0.2) is 5.82 Å². The number of nitrogens with one attached hydrogen (secondary N) is 2. The fraction of sp³-hybridized carbons (Fsp3) is 0.0556. The van der Waals surface area contributed by atoms with Crippen LogP contribution in [-0.4, -0.2) is 24.3 Å². The lowest BCUT2D eigenvalue weighted by molar-refractivity contribution is 0.102. The maximum Gasteiger partial charge on any atom is 0.258 e. The molecule has 0 radical (unpaired) electrons. The molecule has 1 aromatic heterocycles. The van der Waals surface area contributed by atoms with E-state index < -0.39 is 10.0 Å². The van der Waals surface area contributed by atoms with Gasteiger partial charge in [0.05, 0.1) is 17.0 Å². The van der Waals surface area contributed by atoms with Crippen molar-refractivity contribution in [2.24, 2.45) is 0 Å². The van der Waals surface area contributed by atoms with Gasteiger partial charge < -0.3 is 5.32 Å². The highest BCUT2D eigenvalue weighted by Crippen LogP contribution is 2.29. The molecule has 2 N–H and O–H groups in total. The van der Waals surface area contributed by atoms with Crippen molar-refractivity contribution < 1.29 is 13.2 Å². The molecule has 8 heteroatoms. The topological polar surface area (TPSA) is 101 Å². The van der Waals surface area contributed by atoms with Crippen molar-refractivity contribution in [2.75, 3.05) is 10.0 Å². The van der Waals surface area contributed by atoms with E-state index in [-0.39, 0.29) is 11.7 Å². The van der Waals surface area contributed by atoms with E-state index in [2.05, 4.69) is 20.0 Å². The van der Waals surface area contributed by atoms with Gasteiger partial charge in [-0.05, 0) is 23.8 Å². The van der Waals surface area contributed by atoms with Crippen LogP contribution in [0, 0.1) is 0 Å². The van der Waals surface area contributed by atoms with Gasteiger partial charge in [-0.3, -0.25) is 9.52 Å². The van der Waals surface area contributed by atoms with Crippen molar-refractivity contribution in [2.45, 2.75) is 5.75 Å². The Bertz CT molecular complexity index is 1080. The van der Waals surface area contributed by atoms with E-state index in [0.29, 0.717) is 28.3 Å². The van der Waals surface area contributed by atoms with Crippen molar-refractivity contribution in [1.82, 2.24) is 9.97 Å². The van der Waals surface area contributed by atoms with E-state index in [0.717, 1.165) is 5.56 Å². The Balaban J connectivity index is 1.51. The molecule has 1 aliphatic rings. The SMILES string of the molecule is O=C(Nc1ccc2c(c1)CS(=O)(=O)N2)c1cnc(-c2ccccc2)nc1. The third-order valence-electron chi connectivity index (χ3n) is 3.92. The van der Waals surface area contributed by atoms with Crippen molar-refractivity contribution in [3.63, 3.8) is 0 Å². The number of sulfonamides is 1. The second kappa shape index (κ2) is 6.23. The monoisotopic (exact) mass is 366 g/mol. The second-order valence-corrected chi connectivity index (χ2v) is 7.57. The van der Waals surface area contributed by atoms with Crippen LogP contribution in [-0.2, 0) is 15.8 Å². The van der Waals surface area contributed by atoms with Crippen molar-refractivity contribution in [1.29, 1.82) is 0 Å². The highest BCUT2D eigenvalue weighted by Gasteiger charge is 2.23. The molecule has 1 amide bonds. The molecule has 0 bridgehead atoms. The molecule has 3 aromatic rings. The molecule has 0 saturated heterocycles. The van der Waals surface area contributed by atoms with Crippen LogP contribution in [0.5, 0.6) is 0 Å². The molecular formula is C18H14N4O3S.